The van der Waals surface area contributed by atoms with E-state index in [0.717, 1.165) is 0 Å². The van der Waals surface area contributed by atoms with Gasteiger partial charge in [0.05, 0.1) is 12.3 Å². The molecule has 0 radical (unpaired) electrons. The summed E-state index contributed by atoms with van der Waals surface area (Å²) in [5.74, 6) is 0. The summed E-state index contributed by atoms with van der Waals surface area (Å²) in [5.41, 5.74) is 1.31. The first-order valence-electron chi connectivity index (χ1n) is 4.64. The van der Waals surface area contributed by atoms with Crippen LogP contribution in [-0.2, 0) is 14.8 Å². The number of rotatable bonds is 1. The van der Waals surface area contributed by atoms with Gasteiger partial charge in [-0.3, -0.25) is 4.31 Å². The highest BCUT2D eigenvalue weighted by Crippen LogP contribution is 2.45. The Morgan fingerprint density at radius 3 is 2.60 bits per heavy atom. The van der Waals surface area contributed by atoms with Gasteiger partial charge in [0.15, 0.2) is 0 Å². The van der Waals surface area contributed by atoms with E-state index in [0.29, 0.717) is 11.3 Å². The highest BCUT2D eigenvalue weighted by atomic mass is 32.2. The van der Waals surface area contributed by atoms with E-state index in [1.54, 1.807) is 31.2 Å². The number of benzene rings is 1. The number of aliphatic hydroxyl groups is 1. The quantitative estimate of drug-likeness (QED) is 0.767. The predicted molar refractivity (Wildman–Crippen MR) is 58.2 cm³/mol. The van der Waals surface area contributed by atoms with Gasteiger partial charge in [0.2, 0.25) is 10.0 Å². The van der Waals surface area contributed by atoms with Crippen LogP contribution in [0.25, 0.3) is 0 Å². The number of aliphatic hydroxyl groups excluding tert-OH is 1. The smallest absolute Gasteiger partial charge is 0.246 e. The second kappa shape index (κ2) is 2.96. The minimum absolute atomic E-state index is 0.406. The Labute approximate surface area is 89.2 Å². The Morgan fingerprint density at radius 1 is 1.40 bits per heavy atom. The summed E-state index contributed by atoms with van der Waals surface area (Å²) in [4.78, 5) is 0. The summed E-state index contributed by atoms with van der Waals surface area (Å²) >= 11 is 0. The normalized spacial score (nSPS) is 27.8. The molecule has 1 aromatic rings. The van der Waals surface area contributed by atoms with Crippen LogP contribution < -0.4 is 4.31 Å². The first-order valence-corrected chi connectivity index (χ1v) is 6.08. The molecule has 1 N–H and O–H groups in total. The highest BCUT2D eigenvalue weighted by Gasteiger charge is 2.50. The van der Waals surface area contributed by atoms with Crippen LogP contribution in [0.2, 0.25) is 0 Å². The summed E-state index contributed by atoms with van der Waals surface area (Å²) < 4.78 is 24.2. The Balaban J connectivity index is 2.79. The standard InChI is InChI=1S/C10H13NO3S/c1-10(7-12)8-5-3-4-6-9(8)11(2)15(10,13)14/h3-6,12H,7H2,1-2H3. The molecule has 1 aliphatic rings. The Morgan fingerprint density at radius 2 is 2.00 bits per heavy atom. The first kappa shape index (κ1) is 10.4. The van der Waals surface area contributed by atoms with Crippen molar-refractivity contribution >= 4 is 15.7 Å². The molecule has 4 nitrogen and oxygen atoms in total. The van der Waals surface area contributed by atoms with E-state index in [2.05, 4.69) is 0 Å². The van der Waals surface area contributed by atoms with Crippen molar-refractivity contribution in [3.8, 4) is 0 Å². The van der Waals surface area contributed by atoms with Crippen LogP contribution in [0, 0.1) is 0 Å². The van der Waals surface area contributed by atoms with Crippen molar-refractivity contribution in [1.82, 2.24) is 0 Å². The van der Waals surface area contributed by atoms with Crippen LogP contribution in [0.3, 0.4) is 0 Å². The lowest BCUT2D eigenvalue weighted by atomic mass is 9.99. The van der Waals surface area contributed by atoms with Gasteiger partial charge < -0.3 is 5.11 Å². The maximum absolute atomic E-state index is 12.1. The summed E-state index contributed by atoms with van der Waals surface area (Å²) in [7, 11) is -1.98. The zero-order chi connectivity index (χ0) is 11.3. The van der Waals surface area contributed by atoms with Crippen LogP contribution in [0.15, 0.2) is 24.3 Å². The molecular weight excluding hydrogens is 214 g/mol. The van der Waals surface area contributed by atoms with E-state index in [4.69, 9.17) is 0 Å². The lowest BCUT2D eigenvalue weighted by Crippen LogP contribution is -2.38. The largest absolute Gasteiger partial charge is 0.394 e. The van der Waals surface area contributed by atoms with E-state index in [-0.39, 0.29) is 0 Å². The molecule has 0 aliphatic carbocycles. The van der Waals surface area contributed by atoms with Gasteiger partial charge in [0, 0.05) is 12.6 Å². The molecule has 1 atom stereocenters. The zero-order valence-electron chi connectivity index (χ0n) is 8.64. The fraction of sp³-hybridized carbons (Fsp3) is 0.400. The number of nitrogens with zero attached hydrogens (tertiary/aromatic N) is 1. The second-order valence-corrected chi connectivity index (χ2v) is 6.28. The lowest BCUT2D eigenvalue weighted by molar-refractivity contribution is 0.252. The number of sulfonamides is 1. The maximum Gasteiger partial charge on any atom is 0.246 e. The van der Waals surface area contributed by atoms with Crippen LogP contribution in [0.5, 0.6) is 0 Å². The van der Waals surface area contributed by atoms with Gasteiger partial charge in [0.1, 0.15) is 4.75 Å². The molecule has 1 aliphatic heterocycles. The molecule has 0 saturated heterocycles. The van der Waals surface area contributed by atoms with Crippen molar-refractivity contribution in [2.24, 2.45) is 0 Å². The van der Waals surface area contributed by atoms with Crippen LogP contribution in [0.1, 0.15) is 12.5 Å². The molecule has 2 rings (SSSR count). The SMILES string of the molecule is CN1c2ccccc2C(C)(CO)S1(=O)=O. The molecule has 82 valence electrons. The van der Waals surface area contributed by atoms with Crippen molar-refractivity contribution in [2.45, 2.75) is 11.7 Å². The fourth-order valence-corrected chi connectivity index (χ4v) is 3.57. The predicted octanol–water partition coefficient (Wildman–Crippen LogP) is 0.674. The zero-order valence-corrected chi connectivity index (χ0v) is 9.45. The fourth-order valence-electron chi connectivity index (χ4n) is 1.93. The first-order chi connectivity index (χ1) is 6.95. The highest BCUT2D eigenvalue weighted by molar-refractivity contribution is 7.94. The van der Waals surface area contributed by atoms with E-state index >= 15 is 0 Å². The minimum Gasteiger partial charge on any atom is -0.394 e. The lowest BCUT2D eigenvalue weighted by Gasteiger charge is -2.21. The second-order valence-electron chi connectivity index (χ2n) is 3.88. The number of hydrogen-bond acceptors (Lipinski definition) is 3. The van der Waals surface area contributed by atoms with E-state index < -0.39 is 21.4 Å². The number of fused-ring (bicyclic) bond motifs is 1. The molecule has 0 spiro atoms. The summed E-state index contributed by atoms with van der Waals surface area (Å²) in [6, 6.07) is 7.05. The third-order valence-electron chi connectivity index (χ3n) is 3.04. The molecule has 15 heavy (non-hydrogen) atoms. The number of hydrogen-bond donors (Lipinski definition) is 1. The molecule has 0 bridgehead atoms. The van der Waals surface area contributed by atoms with Crippen LogP contribution in [0.4, 0.5) is 5.69 Å². The molecular formula is C10H13NO3S. The third-order valence-corrected chi connectivity index (χ3v) is 5.45. The van der Waals surface area contributed by atoms with Crippen molar-refractivity contribution in [1.29, 1.82) is 0 Å². The molecule has 0 fully saturated rings. The van der Waals surface area contributed by atoms with Crippen molar-refractivity contribution in [3.63, 3.8) is 0 Å². The maximum atomic E-state index is 12.1. The van der Waals surface area contributed by atoms with Crippen LogP contribution >= 0.6 is 0 Å². The monoisotopic (exact) mass is 227 g/mol. The van der Waals surface area contributed by atoms with Gasteiger partial charge in [-0.2, -0.15) is 0 Å². The molecule has 0 aromatic heterocycles. The Bertz CT molecular complexity index is 497. The average Bonchev–Trinajstić information content (AvgIpc) is 2.40. The molecule has 1 aromatic carbocycles. The van der Waals surface area contributed by atoms with Crippen molar-refractivity contribution in [3.05, 3.63) is 29.8 Å². The third kappa shape index (κ3) is 1.07. The average molecular weight is 227 g/mol. The molecule has 1 unspecified atom stereocenters. The van der Waals surface area contributed by atoms with Gasteiger partial charge in [0.25, 0.3) is 0 Å². The summed E-state index contributed by atoms with van der Waals surface area (Å²) in [6.45, 7) is 1.14. The van der Waals surface area contributed by atoms with Gasteiger partial charge in [-0.05, 0) is 13.0 Å². The van der Waals surface area contributed by atoms with E-state index in [1.165, 1.54) is 11.4 Å². The molecule has 1 heterocycles. The van der Waals surface area contributed by atoms with Gasteiger partial charge in [-0.15, -0.1) is 0 Å². The topological polar surface area (TPSA) is 57.6 Å². The van der Waals surface area contributed by atoms with Crippen LogP contribution in [-0.4, -0.2) is 27.2 Å². The molecule has 0 saturated carbocycles. The minimum atomic E-state index is -3.49. The number of anilines is 1. The number of para-hydroxylation sites is 1. The molecule has 5 heteroatoms. The van der Waals surface area contributed by atoms with E-state index in [9.17, 15) is 13.5 Å². The summed E-state index contributed by atoms with van der Waals surface area (Å²) in [5, 5.41) is 9.32. The van der Waals surface area contributed by atoms with E-state index in [1.807, 2.05) is 0 Å². The summed E-state index contributed by atoms with van der Waals surface area (Å²) in [6.07, 6.45) is 0. The molecule has 0 amide bonds. The Hall–Kier alpha value is -1.07. The Kier molecular flexibility index (Phi) is 2.06. The van der Waals surface area contributed by atoms with Gasteiger partial charge >= 0.3 is 0 Å². The van der Waals surface area contributed by atoms with Gasteiger partial charge in [-0.25, -0.2) is 8.42 Å². The van der Waals surface area contributed by atoms with Crippen molar-refractivity contribution < 1.29 is 13.5 Å². The van der Waals surface area contributed by atoms with Gasteiger partial charge in [-0.1, -0.05) is 18.2 Å². The van der Waals surface area contributed by atoms with Crippen molar-refractivity contribution in [2.75, 3.05) is 18.0 Å².